The fourth-order valence-corrected chi connectivity index (χ4v) is 9.44. The van der Waals surface area contributed by atoms with E-state index < -0.39 is 51.1 Å². The number of nitriles is 2. The quantitative estimate of drug-likeness (QED) is 0.348. The van der Waals surface area contributed by atoms with Crippen LogP contribution in [0.1, 0.15) is 61.9 Å². The van der Waals surface area contributed by atoms with Gasteiger partial charge in [-0.1, -0.05) is 30.3 Å². The van der Waals surface area contributed by atoms with Crippen LogP contribution in [0.25, 0.3) is 0 Å². The summed E-state index contributed by atoms with van der Waals surface area (Å²) in [6, 6.07) is 14.0. The number of ketones is 1. The smallest absolute Gasteiger partial charge is 0.339 e. The van der Waals surface area contributed by atoms with Gasteiger partial charge in [-0.15, -0.1) is 0 Å². The number of fused-ring (bicyclic) bond motifs is 5. The highest BCUT2D eigenvalue weighted by atomic mass is 32.2. The number of thioether (sulfide) groups is 1. The summed E-state index contributed by atoms with van der Waals surface area (Å²) in [5, 5.41) is 39.4. The summed E-state index contributed by atoms with van der Waals surface area (Å²) in [5.41, 5.74) is -5.38. The summed E-state index contributed by atoms with van der Waals surface area (Å²) in [6.45, 7) is 3.50. The van der Waals surface area contributed by atoms with Gasteiger partial charge in [-0.25, -0.2) is 9.18 Å². The summed E-state index contributed by atoms with van der Waals surface area (Å²) < 4.78 is 29.5. The maximum atomic E-state index is 17.6. The average Bonchev–Trinajstić information content (AvgIpc) is 3.33. The Bertz CT molecular complexity index is 1810. The molecule has 3 saturated carbocycles. The summed E-state index contributed by atoms with van der Waals surface area (Å²) in [5.74, 6) is -1.82. The third-order valence-corrected chi connectivity index (χ3v) is 11.9. The second kappa shape index (κ2) is 11.7. The number of phenols is 1. The van der Waals surface area contributed by atoms with Gasteiger partial charge in [-0.3, -0.25) is 9.59 Å². The molecule has 0 radical (unpaired) electrons. The highest BCUT2D eigenvalue weighted by Gasteiger charge is 2.75. The number of esters is 1. The SMILES string of the molecule is C[C@]12C=CC(=O)C=C1CC[C@H]1[C@@H]3CC[C@](OC(=O)c4ccc(Oc5ccc(O)c(C#N)c5)cc4)(C(=O)SCC#N)[C@@]3(C)C[C@H](O)[C@@]12F. The Labute approximate surface area is 275 Å². The molecule has 0 aliphatic heterocycles. The first-order valence-corrected chi connectivity index (χ1v) is 16.4. The predicted octanol–water partition coefficient (Wildman–Crippen LogP) is 6.11. The number of hydrogen-bond acceptors (Lipinski definition) is 10. The number of aromatic hydroxyl groups is 1. The van der Waals surface area contributed by atoms with E-state index in [1.165, 1.54) is 54.6 Å². The van der Waals surface area contributed by atoms with Gasteiger partial charge in [0.1, 0.15) is 23.3 Å². The highest BCUT2D eigenvalue weighted by molar-refractivity contribution is 8.14. The van der Waals surface area contributed by atoms with Crippen LogP contribution in [0.15, 0.2) is 66.3 Å². The minimum absolute atomic E-state index is 0.0395. The Morgan fingerprint density at radius 1 is 1.09 bits per heavy atom. The van der Waals surface area contributed by atoms with E-state index in [0.717, 1.165) is 11.8 Å². The maximum absolute atomic E-state index is 17.6. The van der Waals surface area contributed by atoms with E-state index in [9.17, 15) is 29.9 Å². The van der Waals surface area contributed by atoms with E-state index >= 15 is 4.39 Å². The van der Waals surface area contributed by atoms with Crippen molar-refractivity contribution in [2.24, 2.45) is 22.7 Å². The first kappa shape index (κ1) is 32.5. The number of alkyl halides is 1. The molecular weight excluding hydrogens is 623 g/mol. The van der Waals surface area contributed by atoms with Gasteiger partial charge in [0.05, 0.1) is 29.1 Å². The molecule has 2 N–H and O–H groups in total. The topological polar surface area (TPSA) is 158 Å². The first-order valence-electron chi connectivity index (χ1n) is 15.4. The molecule has 3 fully saturated rings. The van der Waals surface area contributed by atoms with Gasteiger partial charge in [0.25, 0.3) is 0 Å². The molecule has 4 aliphatic rings. The van der Waals surface area contributed by atoms with Crippen molar-refractivity contribution in [2.75, 3.05) is 5.75 Å². The lowest BCUT2D eigenvalue weighted by molar-refractivity contribution is -0.214. The number of rotatable bonds is 6. The third kappa shape index (κ3) is 4.87. The van der Waals surface area contributed by atoms with Crippen LogP contribution in [0.2, 0.25) is 0 Å². The molecule has 0 saturated heterocycles. The van der Waals surface area contributed by atoms with Crippen LogP contribution >= 0.6 is 11.8 Å². The number of hydrogen-bond donors (Lipinski definition) is 2. The maximum Gasteiger partial charge on any atom is 0.339 e. The summed E-state index contributed by atoms with van der Waals surface area (Å²) in [4.78, 5) is 39.9. The van der Waals surface area contributed by atoms with Crippen LogP contribution < -0.4 is 4.74 Å². The molecular formula is C36H33FN2O7S. The molecule has 2 aromatic rings. The third-order valence-electron chi connectivity index (χ3n) is 11.0. The van der Waals surface area contributed by atoms with E-state index in [0.29, 0.717) is 36.3 Å². The average molecular weight is 657 g/mol. The van der Waals surface area contributed by atoms with Crippen molar-refractivity contribution >= 4 is 28.6 Å². The number of nitrogens with zero attached hydrogens (tertiary/aromatic N) is 2. The van der Waals surface area contributed by atoms with Gasteiger partial charge < -0.3 is 19.7 Å². The molecule has 7 atom stereocenters. The minimum Gasteiger partial charge on any atom is -0.507 e. The Morgan fingerprint density at radius 3 is 2.51 bits per heavy atom. The van der Waals surface area contributed by atoms with Crippen molar-refractivity contribution in [3.8, 4) is 29.4 Å². The van der Waals surface area contributed by atoms with E-state index in [2.05, 4.69) is 0 Å². The zero-order valence-corrected chi connectivity index (χ0v) is 26.7. The van der Waals surface area contributed by atoms with Gasteiger partial charge in [0.2, 0.25) is 5.12 Å². The monoisotopic (exact) mass is 656 g/mol. The Balaban J connectivity index is 1.30. The molecule has 0 unspecified atom stereocenters. The molecule has 0 heterocycles. The van der Waals surface area contributed by atoms with Crippen LogP contribution in [-0.4, -0.2) is 50.2 Å². The Kier molecular flexibility index (Phi) is 8.06. The largest absolute Gasteiger partial charge is 0.507 e. The van der Waals surface area contributed by atoms with E-state index in [1.807, 2.05) is 12.1 Å². The summed E-state index contributed by atoms with van der Waals surface area (Å²) >= 11 is 0.748. The molecule has 11 heteroatoms. The number of benzene rings is 2. The summed E-state index contributed by atoms with van der Waals surface area (Å²) in [7, 11) is 0. The van der Waals surface area contributed by atoms with Crippen molar-refractivity contribution in [3.05, 3.63) is 77.4 Å². The van der Waals surface area contributed by atoms with E-state index in [-0.39, 0.29) is 41.3 Å². The first-order chi connectivity index (χ1) is 22.3. The molecule has 47 heavy (non-hydrogen) atoms. The van der Waals surface area contributed by atoms with Crippen molar-refractivity contribution in [2.45, 2.75) is 63.3 Å². The van der Waals surface area contributed by atoms with Gasteiger partial charge in [-0.2, -0.15) is 10.5 Å². The van der Waals surface area contributed by atoms with Crippen molar-refractivity contribution in [1.29, 1.82) is 10.5 Å². The minimum atomic E-state index is -2.11. The number of phenolic OH excluding ortho intramolecular Hbond substituents is 1. The number of aliphatic hydroxyl groups is 1. The van der Waals surface area contributed by atoms with Gasteiger partial charge in [0.15, 0.2) is 17.1 Å². The molecule has 9 nitrogen and oxygen atoms in total. The number of ether oxygens (including phenoxy) is 2. The number of halogens is 1. The standard InChI is InChI=1S/C36H33FN2O7S/c1-33-13-11-24(40)18-23(33)5-9-28-27-12-14-35(32(44)47-16-15-38,34(27,2)19-30(42)36(28,33)37)46-31(43)21-3-6-25(7-4-21)45-26-8-10-29(41)22(17-26)20-39/h3-4,6-8,10-11,13,17-18,27-28,30,41-42H,5,9,12,14,16,19H2,1-2H3/t27-,28-,30-,33-,34-,35-,36-/m0/s1. The van der Waals surface area contributed by atoms with Crippen molar-refractivity contribution < 1.29 is 38.5 Å². The zero-order valence-electron chi connectivity index (χ0n) is 25.9. The van der Waals surface area contributed by atoms with Crippen LogP contribution in [0.3, 0.4) is 0 Å². The van der Waals surface area contributed by atoms with Crippen LogP contribution in [0.4, 0.5) is 4.39 Å². The fourth-order valence-electron chi connectivity index (χ4n) is 8.64. The molecule has 0 aromatic heterocycles. The second-order valence-corrected chi connectivity index (χ2v) is 14.1. The van der Waals surface area contributed by atoms with Crippen molar-refractivity contribution in [1.82, 2.24) is 0 Å². The number of aliphatic hydroxyl groups excluding tert-OH is 1. The number of carbonyl (C=O) groups is 3. The zero-order chi connectivity index (χ0) is 33.8. The molecule has 0 amide bonds. The fraction of sp³-hybridized carbons (Fsp3) is 0.417. The number of carbonyl (C=O) groups excluding carboxylic acids is 3. The lowest BCUT2D eigenvalue weighted by Gasteiger charge is -2.62. The van der Waals surface area contributed by atoms with Crippen LogP contribution in [0.5, 0.6) is 17.2 Å². The highest BCUT2D eigenvalue weighted by Crippen LogP contribution is 2.70. The normalized spacial score (nSPS) is 33.7. The molecule has 4 aliphatic carbocycles. The Hall–Kier alpha value is -4.45. The van der Waals surface area contributed by atoms with Crippen molar-refractivity contribution in [3.63, 3.8) is 0 Å². The molecule has 0 spiro atoms. The lowest BCUT2D eigenvalue weighted by Crippen LogP contribution is -2.69. The van der Waals surface area contributed by atoms with Crippen LogP contribution in [-0.2, 0) is 14.3 Å². The summed E-state index contributed by atoms with van der Waals surface area (Å²) in [6.07, 6.45) is 3.99. The Morgan fingerprint density at radius 2 is 1.81 bits per heavy atom. The molecule has 6 rings (SSSR count). The van der Waals surface area contributed by atoms with E-state index in [4.69, 9.17) is 14.7 Å². The van der Waals surface area contributed by atoms with Gasteiger partial charge >= 0.3 is 5.97 Å². The second-order valence-electron chi connectivity index (χ2n) is 13.2. The molecule has 242 valence electrons. The molecule has 0 bridgehead atoms. The van der Waals surface area contributed by atoms with Crippen LogP contribution in [0, 0.1) is 45.3 Å². The number of allylic oxidation sites excluding steroid dienone is 4. The predicted molar refractivity (Wildman–Crippen MR) is 169 cm³/mol. The lowest BCUT2D eigenvalue weighted by atomic mass is 9.45. The molecule has 2 aromatic carbocycles. The van der Waals surface area contributed by atoms with Gasteiger partial charge in [0, 0.05) is 22.8 Å². The van der Waals surface area contributed by atoms with Gasteiger partial charge in [-0.05, 0) is 93.5 Å². The van der Waals surface area contributed by atoms with E-state index in [1.54, 1.807) is 19.9 Å².